The number of rotatable bonds is 15. The Morgan fingerprint density at radius 3 is 2.26 bits per heavy atom. The minimum absolute atomic E-state index is 0.00440. The van der Waals surface area contributed by atoms with Gasteiger partial charge in [0.05, 0.1) is 30.2 Å². The number of nitrogens with zero attached hydrogens (tertiary/aromatic N) is 2. The number of thioether (sulfide) groups is 1. The number of aliphatic hydroxyl groups excluding tert-OH is 1. The summed E-state index contributed by atoms with van der Waals surface area (Å²) in [5.74, 6) is 0.622. The second kappa shape index (κ2) is 17.1. The number of ether oxygens (including phenoxy) is 2. The molecule has 2 heterocycles. The van der Waals surface area contributed by atoms with Crippen LogP contribution >= 0.6 is 11.8 Å². The van der Waals surface area contributed by atoms with Gasteiger partial charge in [-0.3, -0.25) is 9.59 Å². The highest BCUT2D eigenvalue weighted by Crippen LogP contribution is 2.39. The van der Waals surface area contributed by atoms with Crippen LogP contribution in [0.5, 0.6) is 0 Å². The highest BCUT2D eigenvalue weighted by Gasteiger charge is 2.32. The van der Waals surface area contributed by atoms with Crippen LogP contribution in [0.2, 0.25) is 0 Å². The molecule has 0 aliphatic carbocycles. The lowest BCUT2D eigenvalue weighted by atomic mass is 10.0. The molecule has 1 aliphatic rings. The molecule has 1 aromatic heterocycles. The normalized spacial score (nSPS) is 17.7. The van der Waals surface area contributed by atoms with Gasteiger partial charge in [0.2, 0.25) is 11.8 Å². The van der Waals surface area contributed by atoms with Crippen molar-refractivity contribution in [2.75, 3.05) is 22.1 Å². The Morgan fingerprint density at radius 2 is 1.60 bits per heavy atom. The van der Waals surface area contributed by atoms with Crippen molar-refractivity contribution < 1.29 is 24.2 Å². The summed E-state index contributed by atoms with van der Waals surface area (Å²) in [7, 11) is 1.97. The average molecular weight is 658 g/mol. The van der Waals surface area contributed by atoms with Gasteiger partial charge in [0.15, 0.2) is 11.4 Å². The van der Waals surface area contributed by atoms with Gasteiger partial charge in [-0.25, -0.2) is 4.98 Å². The maximum absolute atomic E-state index is 12.6. The van der Waals surface area contributed by atoms with Crippen molar-refractivity contribution >= 4 is 40.6 Å². The summed E-state index contributed by atoms with van der Waals surface area (Å²) >= 11 is 1.65. The number of aromatic nitrogens is 2. The first kappa shape index (κ1) is 34.2. The van der Waals surface area contributed by atoms with Crippen molar-refractivity contribution in [3.05, 3.63) is 102 Å². The molecule has 3 atom stereocenters. The Balaban J connectivity index is 1.08. The van der Waals surface area contributed by atoms with E-state index in [1.807, 2.05) is 78.5 Å². The van der Waals surface area contributed by atoms with Crippen LogP contribution in [0.1, 0.15) is 74.0 Å². The van der Waals surface area contributed by atoms with Crippen LogP contribution in [0.25, 0.3) is 0 Å². The number of nitrogens with two attached hydrogens (primary N) is 1. The average Bonchev–Trinajstić information content (AvgIpc) is 3.51. The first-order chi connectivity index (χ1) is 22.9. The predicted molar refractivity (Wildman–Crippen MR) is 185 cm³/mol. The number of amides is 2. The first-order valence-corrected chi connectivity index (χ1v) is 17.0. The molecule has 0 unspecified atom stereocenters. The van der Waals surface area contributed by atoms with Gasteiger partial charge in [0.25, 0.3) is 0 Å². The number of aryl methyl sites for hydroxylation is 1. The highest BCUT2D eigenvalue weighted by atomic mass is 32.2. The van der Waals surface area contributed by atoms with Gasteiger partial charge in [-0.2, -0.15) is 0 Å². The lowest BCUT2D eigenvalue weighted by Gasteiger charge is -2.36. The van der Waals surface area contributed by atoms with Crippen molar-refractivity contribution in [3.8, 4) is 0 Å². The first-order valence-electron chi connectivity index (χ1n) is 16.0. The molecule has 1 saturated heterocycles. The lowest BCUT2D eigenvalue weighted by molar-refractivity contribution is -0.245. The van der Waals surface area contributed by atoms with Crippen molar-refractivity contribution in [1.82, 2.24) is 9.55 Å². The molecule has 0 spiro atoms. The molecule has 248 valence electrons. The maximum Gasteiger partial charge on any atom is 0.224 e. The summed E-state index contributed by atoms with van der Waals surface area (Å²) in [6, 6.07) is 22.6. The number of unbranched alkanes of at least 4 members (excludes halogenated alkanes) is 3. The van der Waals surface area contributed by atoms with Crippen LogP contribution in [-0.2, 0) is 32.7 Å². The van der Waals surface area contributed by atoms with E-state index in [4.69, 9.17) is 15.2 Å². The number of nitrogen functional groups attached to an aromatic ring is 1. The van der Waals surface area contributed by atoms with E-state index in [2.05, 4.69) is 15.6 Å². The van der Waals surface area contributed by atoms with E-state index in [0.29, 0.717) is 36.3 Å². The minimum atomic E-state index is -0.574. The Labute approximate surface area is 280 Å². The van der Waals surface area contributed by atoms with E-state index in [1.165, 1.54) is 0 Å². The molecule has 47 heavy (non-hydrogen) atoms. The number of benzene rings is 3. The molecule has 11 heteroatoms. The second-order valence-electron chi connectivity index (χ2n) is 11.7. The zero-order valence-electron chi connectivity index (χ0n) is 26.6. The Hall–Kier alpha value is -4.16. The summed E-state index contributed by atoms with van der Waals surface area (Å²) in [5, 5.41) is 16.2. The number of para-hydroxylation sites is 2. The third-order valence-corrected chi connectivity index (χ3v) is 9.24. The third-order valence-electron chi connectivity index (χ3n) is 8.05. The molecular weight excluding hydrogens is 614 g/mol. The zero-order chi connectivity index (χ0) is 33.0. The largest absolute Gasteiger partial charge is 0.397 e. The van der Waals surface area contributed by atoms with E-state index in [1.54, 1.807) is 30.1 Å². The SMILES string of the molecule is Cn1ccnc1SC[C@@H]1C[C@H](c2ccc(CO)cc2)O[C@H](c2ccc(NC(=O)CCCCCCC(=O)Nc3ccccc3N)cc2)O1. The monoisotopic (exact) mass is 657 g/mol. The highest BCUT2D eigenvalue weighted by molar-refractivity contribution is 7.99. The van der Waals surface area contributed by atoms with Crippen LogP contribution in [-0.4, -0.2) is 38.3 Å². The number of hydrogen-bond donors (Lipinski definition) is 4. The van der Waals surface area contributed by atoms with E-state index >= 15 is 0 Å². The number of carbonyl (C=O) groups is 2. The van der Waals surface area contributed by atoms with Gasteiger partial charge in [0, 0.05) is 55.7 Å². The Morgan fingerprint density at radius 1 is 0.915 bits per heavy atom. The second-order valence-corrected chi connectivity index (χ2v) is 12.7. The molecule has 2 amide bonds. The van der Waals surface area contributed by atoms with Gasteiger partial charge in [-0.1, -0.05) is 73.1 Å². The van der Waals surface area contributed by atoms with Crippen LogP contribution in [0.4, 0.5) is 17.1 Å². The molecule has 1 aliphatic heterocycles. The maximum atomic E-state index is 12.6. The number of nitrogens with one attached hydrogen (secondary N) is 2. The van der Waals surface area contributed by atoms with E-state index in [-0.39, 0.29) is 30.6 Å². The summed E-state index contributed by atoms with van der Waals surface area (Å²) in [6.07, 6.45) is 7.65. The smallest absolute Gasteiger partial charge is 0.224 e. The number of carbonyl (C=O) groups excluding carboxylic acids is 2. The third kappa shape index (κ3) is 10.2. The number of hydrogen-bond acceptors (Lipinski definition) is 8. The zero-order valence-corrected chi connectivity index (χ0v) is 27.5. The van der Waals surface area contributed by atoms with Gasteiger partial charge in [-0.05, 0) is 48.2 Å². The molecule has 5 N–H and O–H groups in total. The van der Waals surface area contributed by atoms with E-state index in [9.17, 15) is 14.7 Å². The molecule has 0 saturated carbocycles. The molecular formula is C36H43N5O5S. The fourth-order valence-corrected chi connectivity index (χ4v) is 6.33. The summed E-state index contributed by atoms with van der Waals surface area (Å²) < 4.78 is 14.9. The van der Waals surface area contributed by atoms with Crippen molar-refractivity contribution in [1.29, 1.82) is 0 Å². The van der Waals surface area contributed by atoms with Crippen LogP contribution < -0.4 is 16.4 Å². The van der Waals surface area contributed by atoms with Crippen LogP contribution in [0.3, 0.4) is 0 Å². The molecule has 0 bridgehead atoms. The van der Waals surface area contributed by atoms with E-state index < -0.39 is 6.29 Å². The van der Waals surface area contributed by atoms with Crippen LogP contribution in [0.15, 0.2) is 90.3 Å². The molecule has 0 radical (unpaired) electrons. The van der Waals surface area contributed by atoms with Crippen LogP contribution in [0, 0.1) is 0 Å². The quantitative estimate of drug-likeness (QED) is 0.0625. The molecule has 4 aromatic rings. The predicted octanol–water partition coefficient (Wildman–Crippen LogP) is 6.75. The summed E-state index contributed by atoms with van der Waals surface area (Å²) in [5.41, 5.74) is 10.5. The minimum Gasteiger partial charge on any atom is -0.397 e. The Bertz CT molecular complexity index is 1590. The summed E-state index contributed by atoms with van der Waals surface area (Å²) in [6.45, 7) is -0.00440. The number of aliphatic hydroxyl groups is 1. The van der Waals surface area contributed by atoms with Crippen molar-refractivity contribution in [2.24, 2.45) is 7.05 Å². The fraction of sp³-hybridized carbons (Fsp3) is 0.361. The Kier molecular flexibility index (Phi) is 12.5. The number of imidazole rings is 1. The molecule has 5 rings (SSSR count). The fourth-order valence-electron chi connectivity index (χ4n) is 5.38. The van der Waals surface area contributed by atoms with Crippen molar-refractivity contribution in [2.45, 2.75) is 75.2 Å². The molecule has 10 nitrogen and oxygen atoms in total. The topological polar surface area (TPSA) is 141 Å². The van der Waals surface area contributed by atoms with E-state index in [0.717, 1.165) is 53.3 Å². The lowest BCUT2D eigenvalue weighted by Crippen LogP contribution is -2.31. The van der Waals surface area contributed by atoms with Gasteiger partial charge in [0.1, 0.15) is 0 Å². The standard InChI is InChI=1S/C36H43N5O5S/c1-41-21-20-38-36(41)47-24-29-22-32(26-14-12-25(23-42)13-15-26)46-35(45-29)27-16-18-28(19-17-27)39-33(43)10-4-2-3-5-11-34(44)40-31-9-7-6-8-30(31)37/h6-9,12-21,29,32,35,42H,2-5,10-11,22-24,37H2,1H3,(H,39,43)(H,40,44)/t29-,32+,35+/m0/s1. The summed E-state index contributed by atoms with van der Waals surface area (Å²) in [4.78, 5) is 29.2. The van der Waals surface area contributed by atoms with Crippen molar-refractivity contribution in [3.63, 3.8) is 0 Å². The molecule has 3 aromatic carbocycles. The molecule has 1 fully saturated rings. The van der Waals surface area contributed by atoms with Gasteiger partial charge >= 0.3 is 0 Å². The van der Waals surface area contributed by atoms with Gasteiger partial charge < -0.3 is 35.5 Å². The number of anilines is 3. The van der Waals surface area contributed by atoms with Gasteiger partial charge in [-0.15, -0.1) is 0 Å².